The van der Waals surface area contributed by atoms with Crippen molar-refractivity contribution in [1.29, 1.82) is 0 Å². The maximum atomic E-state index is 12.2. The second-order valence-corrected chi connectivity index (χ2v) is 7.65. The quantitative estimate of drug-likeness (QED) is 0.864. The molecule has 1 aromatic carbocycles. The van der Waals surface area contributed by atoms with Gasteiger partial charge in [0.25, 0.3) is 5.91 Å². The highest BCUT2D eigenvalue weighted by atomic mass is 16.5. The zero-order chi connectivity index (χ0) is 17.2. The molecule has 1 aromatic rings. The van der Waals surface area contributed by atoms with Crippen LogP contribution in [-0.2, 0) is 4.79 Å². The van der Waals surface area contributed by atoms with Gasteiger partial charge in [-0.15, -0.1) is 0 Å². The number of nitrogens with zero attached hydrogens (tertiary/aromatic N) is 1. The van der Waals surface area contributed by atoms with Gasteiger partial charge < -0.3 is 15.0 Å². The highest BCUT2D eigenvalue weighted by Crippen LogP contribution is 2.32. The molecule has 0 radical (unpaired) electrons. The molecule has 1 N–H and O–H groups in total. The number of nitrogens with one attached hydrogen (secondary N) is 1. The third kappa shape index (κ3) is 4.33. The first kappa shape index (κ1) is 16.4. The van der Waals surface area contributed by atoms with Gasteiger partial charge in [0.15, 0.2) is 0 Å². The molecule has 1 heterocycles. The lowest BCUT2D eigenvalue weighted by Crippen LogP contribution is -2.42. The van der Waals surface area contributed by atoms with E-state index in [1.165, 1.54) is 0 Å². The molecule has 0 spiro atoms. The molecule has 3 fully saturated rings. The highest BCUT2D eigenvalue weighted by Gasteiger charge is 2.35. The number of hydrogen-bond acceptors (Lipinski definition) is 3. The van der Waals surface area contributed by atoms with Crippen molar-refractivity contribution in [2.75, 3.05) is 19.7 Å². The van der Waals surface area contributed by atoms with E-state index in [0.717, 1.165) is 57.4 Å². The minimum atomic E-state index is -0.00411. The second kappa shape index (κ2) is 7.06. The van der Waals surface area contributed by atoms with Crippen molar-refractivity contribution in [3.05, 3.63) is 29.8 Å². The lowest BCUT2D eigenvalue weighted by molar-refractivity contribution is -0.134. The largest absolute Gasteiger partial charge is 0.493 e. The second-order valence-electron chi connectivity index (χ2n) is 7.65. The van der Waals surface area contributed by atoms with Gasteiger partial charge in [-0.25, -0.2) is 0 Å². The van der Waals surface area contributed by atoms with Crippen LogP contribution in [0.3, 0.4) is 0 Å². The molecule has 4 rings (SSSR count). The Kier molecular flexibility index (Phi) is 4.64. The molecule has 2 amide bonds. The fraction of sp³-hybridized carbons (Fsp3) is 0.600. The van der Waals surface area contributed by atoms with Crippen molar-refractivity contribution in [3.63, 3.8) is 0 Å². The molecule has 5 heteroatoms. The van der Waals surface area contributed by atoms with Gasteiger partial charge in [0.05, 0.1) is 6.61 Å². The van der Waals surface area contributed by atoms with Gasteiger partial charge >= 0.3 is 0 Å². The van der Waals surface area contributed by atoms with E-state index in [1.54, 1.807) is 0 Å². The van der Waals surface area contributed by atoms with Crippen molar-refractivity contribution in [2.24, 2.45) is 11.8 Å². The van der Waals surface area contributed by atoms with Crippen molar-refractivity contribution in [2.45, 2.75) is 44.6 Å². The first-order chi connectivity index (χ1) is 12.2. The number of likely N-dealkylation sites (tertiary alicyclic amines) is 1. The lowest BCUT2D eigenvalue weighted by Gasteiger charge is -2.32. The van der Waals surface area contributed by atoms with Crippen molar-refractivity contribution >= 4 is 11.8 Å². The Hall–Kier alpha value is -2.04. The van der Waals surface area contributed by atoms with Crippen LogP contribution in [0.5, 0.6) is 5.75 Å². The van der Waals surface area contributed by atoms with E-state index in [-0.39, 0.29) is 5.91 Å². The number of rotatable bonds is 6. The van der Waals surface area contributed by atoms with Gasteiger partial charge in [0.1, 0.15) is 5.75 Å². The summed E-state index contributed by atoms with van der Waals surface area (Å²) in [5.41, 5.74) is 0.679. The maximum Gasteiger partial charge on any atom is 0.251 e. The van der Waals surface area contributed by atoms with Crippen LogP contribution >= 0.6 is 0 Å². The summed E-state index contributed by atoms with van der Waals surface area (Å²) in [6.07, 6.45) is 6.49. The third-order valence-electron chi connectivity index (χ3n) is 5.27. The number of carbonyl (C=O) groups excluding carboxylic acids is 2. The molecule has 0 bridgehead atoms. The van der Waals surface area contributed by atoms with E-state index in [9.17, 15) is 9.59 Å². The topological polar surface area (TPSA) is 58.6 Å². The number of hydrogen-bond donors (Lipinski definition) is 1. The summed E-state index contributed by atoms with van der Waals surface area (Å²) in [6, 6.07) is 7.72. The van der Waals surface area contributed by atoms with E-state index in [0.29, 0.717) is 36.0 Å². The molecule has 1 atom stereocenters. The monoisotopic (exact) mass is 342 g/mol. The first-order valence-corrected chi connectivity index (χ1v) is 9.51. The number of amides is 2. The summed E-state index contributed by atoms with van der Waals surface area (Å²) in [4.78, 5) is 26.2. The van der Waals surface area contributed by atoms with E-state index in [1.807, 2.05) is 29.2 Å². The Morgan fingerprint density at radius 2 is 1.84 bits per heavy atom. The van der Waals surface area contributed by atoms with Crippen molar-refractivity contribution in [1.82, 2.24) is 10.2 Å². The molecule has 25 heavy (non-hydrogen) atoms. The van der Waals surface area contributed by atoms with Crippen LogP contribution < -0.4 is 10.1 Å². The highest BCUT2D eigenvalue weighted by molar-refractivity contribution is 5.94. The Balaban J connectivity index is 1.25. The summed E-state index contributed by atoms with van der Waals surface area (Å²) in [5.74, 6) is 1.82. The van der Waals surface area contributed by atoms with Gasteiger partial charge in [-0.1, -0.05) is 0 Å². The molecule has 0 aromatic heterocycles. The fourth-order valence-corrected chi connectivity index (χ4v) is 3.40. The van der Waals surface area contributed by atoms with Gasteiger partial charge in [-0.05, 0) is 62.8 Å². The predicted molar refractivity (Wildman–Crippen MR) is 94.5 cm³/mol. The molecule has 5 nitrogen and oxygen atoms in total. The van der Waals surface area contributed by atoms with Crippen LogP contribution in [0.1, 0.15) is 48.9 Å². The minimum Gasteiger partial charge on any atom is -0.493 e. The molecule has 2 saturated carbocycles. The van der Waals surface area contributed by atoms with E-state index in [4.69, 9.17) is 4.74 Å². The normalized spacial score (nSPS) is 23.2. The Labute approximate surface area is 148 Å². The molecule has 3 aliphatic rings. The molecule has 2 aliphatic carbocycles. The van der Waals surface area contributed by atoms with Crippen LogP contribution in [-0.4, -0.2) is 42.5 Å². The summed E-state index contributed by atoms with van der Waals surface area (Å²) >= 11 is 0. The van der Waals surface area contributed by atoms with Crippen molar-refractivity contribution in [3.8, 4) is 5.75 Å². The zero-order valence-corrected chi connectivity index (χ0v) is 14.6. The molecule has 134 valence electrons. The fourth-order valence-electron chi connectivity index (χ4n) is 3.40. The van der Waals surface area contributed by atoms with Crippen LogP contribution in [0.2, 0.25) is 0 Å². The Morgan fingerprint density at radius 3 is 2.52 bits per heavy atom. The number of piperidine rings is 1. The maximum absolute atomic E-state index is 12.2. The summed E-state index contributed by atoms with van der Waals surface area (Å²) in [6.45, 7) is 2.34. The third-order valence-corrected chi connectivity index (χ3v) is 5.27. The summed E-state index contributed by atoms with van der Waals surface area (Å²) in [5, 5.41) is 2.99. The van der Waals surface area contributed by atoms with E-state index >= 15 is 0 Å². The average Bonchev–Trinajstić information content (AvgIpc) is 3.54. The van der Waals surface area contributed by atoms with Crippen LogP contribution in [0.15, 0.2) is 24.3 Å². The molecule has 1 aliphatic heterocycles. The van der Waals surface area contributed by atoms with Gasteiger partial charge in [-0.3, -0.25) is 9.59 Å². The number of carbonyl (C=O) groups is 2. The number of ether oxygens (including phenoxy) is 1. The first-order valence-electron chi connectivity index (χ1n) is 9.51. The Bertz CT molecular complexity index is 635. The van der Waals surface area contributed by atoms with Crippen LogP contribution in [0, 0.1) is 11.8 Å². The van der Waals surface area contributed by atoms with E-state index in [2.05, 4.69) is 5.32 Å². The van der Waals surface area contributed by atoms with E-state index < -0.39 is 0 Å². The lowest BCUT2D eigenvalue weighted by atomic mass is 9.98. The summed E-state index contributed by atoms with van der Waals surface area (Å²) in [7, 11) is 0. The van der Waals surface area contributed by atoms with Crippen LogP contribution in [0.25, 0.3) is 0 Å². The predicted octanol–water partition coefficient (Wildman–Crippen LogP) is 2.61. The minimum absolute atomic E-state index is 0.00411. The van der Waals surface area contributed by atoms with Gasteiger partial charge in [0, 0.05) is 36.5 Å². The number of benzene rings is 1. The zero-order valence-electron chi connectivity index (χ0n) is 14.6. The standard InChI is InChI=1S/C20H26N2O3/c23-19(21-17-7-8-17)15-5-9-18(10-6-15)25-13-14-2-1-11-22(12-14)20(24)16-3-4-16/h5-6,9-10,14,16-17H,1-4,7-8,11-13H2,(H,21,23)/t14-/m0/s1. The molecule has 0 unspecified atom stereocenters. The Morgan fingerprint density at radius 1 is 1.08 bits per heavy atom. The molecule has 1 saturated heterocycles. The smallest absolute Gasteiger partial charge is 0.251 e. The van der Waals surface area contributed by atoms with Gasteiger partial charge in [-0.2, -0.15) is 0 Å². The van der Waals surface area contributed by atoms with Crippen LogP contribution in [0.4, 0.5) is 0 Å². The molecular formula is C20H26N2O3. The SMILES string of the molecule is O=C(NC1CC1)c1ccc(OC[C@H]2CCCN(C(=O)C3CC3)C2)cc1. The van der Waals surface area contributed by atoms with Crippen molar-refractivity contribution < 1.29 is 14.3 Å². The average molecular weight is 342 g/mol. The summed E-state index contributed by atoms with van der Waals surface area (Å²) < 4.78 is 5.91. The molecular weight excluding hydrogens is 316 g/mol. The van der Waals surface area contributed by atoms with Gasteiger partial charge in [0.2, 0.25) is 5.91 Å².